The molecule has 1 heterocycles. The van der Waals surface area contributed by atoms with E-state index in [0.29, 0.717) is 30.2 Å². The van der Waals surface area contributed by atoms with E-state index in [4.69, 9.17) is 9.47 Å². The van der Waals surface area contributed by atoms with Crippen LogP contribution < -0.4 is 20.1 Å². The van der Waals surface area contributed by atoms with Crippen molar-refractivity contribution in [3.63, 3.8) is 0 Å². The van der Waals surface area contributed by atoms with Crippen molar-refractivity contribution in [3.05, 3.63) is 53.6 Å². The summed E-state index contributed by atoms with van der Waals surface area (Å²) in [5.41, 5.74) is 2.04. The molecule has 27 heavy (non-hydrogen) atoms. The minimum absolute atomic E-state index is 0.176. The average Bonchev–Trinajstić information content (AvgIpc) is 2.65. The van der Waals surface area contributed by atoms with Gasteiger partial charge in [0.2, 0.25) is 5.91 Å². The number of hydrogen-bond acceptors (Lipinski definition) is 4. The third-order valence-corrected chi connectivity index (χ3v) is 4.32. The molecule has 2 N–H and O–H groups in total. The highest BCUT2D eigenvalue weighted by Crippen LogP contribution is 2.34. The summed E-state index contributed by atoms with van der Waals surface area (Å²) in [6.45, 7) is 6.60. The van der Waals surface area contributed by atoms with Crippen molar-refractivity contribution in [2.45, 2.75) is 26.8 Å². The molecule has 6 nitrogen and oxygen atoms in total. The molecule has 0 aromatic heterocycles. The Bertz CT molecular complexity index is 848. The summed E-state index contributed by atoms with van der Waals surface area (Å²) < 4.78 is 11.2. The zero-order valence-electron chi connectivity index (χ0n) is 15.7. The largest absolute Gasteiger partial charge is 0.486 e. The Balaban J connectivity index is 1.80. The Morgan fingerprint density at radius 2 is 1.74 bits per heavy atom. The summed E-state index contributed by atoms with van der Waals surface area (Å²) in [5, 5.41) is 5.78. The fourth-order valence-corrected chi connectivity index (χ4v) is 3.05. The maximum Gasteiger partial charge on any atom is 0.251 e. The molecule has 3 rings (SSSR count). The standard InChI is InChI=1S/C21H24N2O4/c1-13(2)20(15-7-8-18-19(12-15)27-10-9-26-18)23-21(25)16-5-4-6-17(11-16)22-14(3)24/h4-8,11-13,20H,9-10H2,1-3H3,(H,22,24)(H,23,25). The van der Waals surface area contributed by atoms with Gasteiger partial charge in [0.05, 0.1) is 6.04 Å². The number of amides is 2. The van der Waals surface area contributed by atoms with Crippen LogP contribution in [0.2, 0.25) is 0 Å². The maximum atomic E-state index is 12.8. The topological polar surface area (TPSA) is 76.7 Å². The van der Waals surface area contributed by atoms with Crippen molar-refractivity contribution in [1.29, 1.82) is 0 Å². The lowest BCUT2D eigenvalue weighted by Gasteiger charge is -2.25. The molecule has 6 heteroatoms. The summed E-state index contributed by atoms with van der Waals surface area (Å²) >= 11 is 0. The molecule has 0 saturated carbocycles. The van der Waals surface area contributed by atoms with Crippen LogP contribution >= 0.6 is 0 Å². The van der Waals surface area contributed by atoms with Gasteiger partial charge in [0.1, 0.15) is 13.2 Å². The highest BCUT2D eigenvalue weighted by atomic mass is 16.6. The van der Waals surface area contributed by atoms with Gasteiger partial charge >= 0.3 is 0 Å². The van der Waals surface area contributed by atoms with Gasteiger partial charge in [-0.1, -0.05) is 26.0 Å². The summed E-state index contributed by atoms with van der Waals surface area (Å²) in [6.07, 6.45) is 0. The second kappa shape index (κ2) is 8.12. The molecule has 1 aliphatic heterocycles. The zero-order chi connectivity index (χ0) is 19.4. The molecular weight excluding hydrogens is 344 g/mol. The van der Waals surface area contributed by atoms with Crippen LogP contribution in [-0.2, 0) is 4.79 Å². The van der Waals surface area contributed by atoms with E-state index in [-0.39, 0.29) is 23.8 Å². The van der Waals surface area contributed by atoms with Crippen molar-refractivity contribution < 1.29 is 19.1 Å². The lowest BCUT2D eigenvalue weighted by atomic mass is 9.95. The van der Waals surface area contributed by atoms with Crippen LogP contribution in [0.25, 0.3) is 0 Å². The monoisotopic (exact) mass is 368 g/mol. The van der Waals surface area contributed by atoms with Gasteiger partial charge in [-0.2, -0.15) is 0 Å². The van der Waals surface area contributed by atoms with Crippen LogP contribution in [0.3, 0.4) is 0 Å². The van der Waals surface area contributed by atoms with Gasteiger partial charge in [0.15, 0.2) is 11.5 Å². The molecule has 2 aromatic rings. The van der Waals surface area contributed by atoms with Crippen molar-refractivity contribution in [2.24, 2.45) is 5.92 Å². The average molecular weight is 368 g/mol. The first-order chi connectivity index (χ1) is 12.9. The van der Waals surface area contributed by atoms with E-state index in [0.717, 1.165) is 11.3 Å². The van der Waals surface area contributed by atoms with Crippen molar-refractivity contribution in [2.75, 3.05) is 18.5 Å². The summed E-state index contributed by atoms with van der Waals surface area (Å²) in [5.74, 6) is 1.22. The van der Waals surface area contributed by atoms with E-state index >= 15 is 0 Å². The fourth-order valence-electron chi connectivity index (χ4n) is 3.05. The minimum Gasteiger partial charge on any atom is -0.486 e. The van der Waals surface area contributed by atoms with Crippen LogP contribution in [0.4, 0.5) is 5.69 Å². The van der Waals surface area contributed by atoms with Crippen LogP contribution in [0.5, 0.6) is 11.5 Å². The summed E-state index contributed by atoms with van der Waals surface area (Å²) in [7, 11) is 0. The van der Waals surface area contributed by atoms with Crippen LogP contribution in [0, 0.1) is 5.92 Å². The lowest BCUT2D eigenvalue weighted by Crippen LogP contribution is -2.32. The highest BCUT2D eigenvalue weighted by molar-refractivity contribution is 5.97. The third kappa shape index (κ3) is 4.58. The van der Waals surface area contributed by atoms with Gasteiger partial charge in [0.25, 0.3) is 5.91 Å². The van der Waals surface area contributed by atoms with Crippen molar-refractivity contribution in [3.8, 4) is 11.5 Å². The van der Waals surface area contributed by atoms with Gasteiger partial charge in [-0.25, -0.2) is 0 Å². The molecule has 0 aliphatic carbocycles. The quantitative estimate of drug-likeness (QED) is 0.846. The van der Waals surface area contributed by atoms with Crippen LogP contribution in [0.1, 0.15) is 42.7 Å². The second-order valence-electron chi connectivity index (χ2n) is 6.86. The van der Waals surface area contributed by atoms with E-state index < -0.39 is 0 Å². The van der Waals surface area contributed by atoms with Gasteiger partial charge in [-0.15, -0.1) is 0 Å². The Labute approximate surface area is 158 Å². The number of rotatable bonds is 5. The number of fused-ring (bicyclic) bond motifs is 1. The molecule has 0 radical (unpaired) electrons. The summed E-state index contributed by atoms with van der Waals surface area (Å²) in [6, 6.07) is 12.5. The number of anilines is 1. The first kappa shape index (κ1) is 18.8. The first-order valence-corrected chi connectivity index (χ1v) is 9.02. The normalized spacial score (nSPS) is 13.8. The molecule has 1 aliphatic rings. The SMILES string of the molecule is CC(=O)Nc1cccc(C(=O)NC(c2ccc3c(c2)OCCO3)C(C)C)c1. The van der Waals surface area contributed by atoms with Crippen LogP contribution in [0.15, 0.2) is 42.5 Å². The summed E-state index contributed by atoms with van der Waals surface area (Å²) in [4.78, 5) is 24.0. The number of ether oxygens (including phenoxy) is 2. The first-order valence-electron chi connectivity index (χ1n) is 9.02. The second-order valence-corrected chi connectivity index (χ2v) is 6.86. The Kier molecular flexibility index (Phi) is 5.64. The Morgan fingerprint density at radius 3 is 2.44 bits per heavy atom. The molecule has 0 spiro atoms. The zero-order valence-corrected chi connectivity index (χ0v) is 15.7. The number of carbonyl (C=O) groups excluding carboxylic acids is 2. The van der Waals surface area contributed by atoms with E-state index in [1.165, 1.54) is 6.92 Å². The molecule has 0 bridgehead atoms. The molecule has 142 valence electrons. The maximum absolute atomic E-state index is 12.8. The van der Waals surface area contributed by atoms with E-state index in [1.807, 2.05) is 18.2 Å². The van der Waals surface area contributed by atoms with Crippen LogP contribution in [-0.4, -0.2) is 25.0 Å². The molecular formula is C21H24N2O4. The molecule has 1 unspecified atom stereocenters. The number of carbonyl (C=O) groups is 2. The highest BCUT2D eigenvalue weighted by Gasteiger charge is 2.22. The molecule has 0 saturated heterocycles. The fraction of sp³-hybridized carbons (Fsp3) is 0.333. The van der Waals surface area contributed by atoms with Gasteiger partial charge in [0, 0.05) is 18.2 Å². The number of nitrogens with one attached hydrogen (secondary N) is 2. The van der Waals surface area contributed by atoms with Gasteiger partial charge < -0.3 is 20.1 Å². The number of hydrogen-bond donors (Lipinski definition) is 2. The number of benzene rings is 2. The van der Waals surface area contributed by atoms with E-state index in [2.05, 4.69) is 24.5 Å². The third-order valence-electron chi connectivity index (χ3n) is 4.32. The van der Waals surface area contributed by atoms with E-state index in [1.54, 1.807) is 24.3 Å². The Morgan fingerprint density at radius 1 is 1.00 bits per heavy atom. The minimum atomic E-state index is -0.198. The Hall–Kier alpha value is -3.02. The molecule has 0 fully saturated rings. The molecule has 2 amide bonds. The molecule has 2 aromatic carbocycles. The molecule has 1 atom stereocenters. The smallest absolute Gasteiger partial charge is 0.251 e. The van der Waals surface area contributed by atoms with Crippen molar-refractivity contribution in [1.82, 2.24) is 5.32 Å². The van der Waals surface area contributed by atoms with Gasteiger partial charge in [-0.05, 0) is 41.8 Å². The predicted molar refractivity (Wildman–Crippen MR) is 103 cm³/mol. The van der Waals surface area contributed by atoms with Crippen molar-refractivity contribution >= 4 is 17.5 Å². The van der Waals surface area contributed by atoms with E-state index in [9.17, 15) is 9.59 Å². The lowest BCUT2D eigenvalue weighted by molar-refractivity contribution is -0.114. The van der Waals surface area contributed by atoms with Gasteiger partial charge in [-0.3, -0.25) is 9.59 Å². The predicted octanol–water partition coefficient (Wildman–Crippen LogP) is 3.54.